The maximum Gasteiger partial charge on any atom is 0.319 e. The van der Waals surface area contributed by atoms with Gasteiger partial charge < -0.3 is 15.5 Å². The van der Waals surface area contributed by atoms with Crippen LogP contribution in [0.4, 0.5) is 10.5 Å². The van der Waals surface area contributed by atoms with Gasteiger partial charge in [-0.1, -0.05) is 24.6 Å². The summed E-state index contributed by atoms with van der Waals surface area (Å²) in [5, 5.41) is 6.30. The molecule has 1 heterocycles. The van der Waals surface area contributed by atoms with Crippen LogP contribution in [0, 0.1) is 0 Å². The highest BCUT2D eigenvalue weighted by atomic mass is 35.5. The van der Waals surface area contributed by atoms with Gasteiger partial charge >= 0.3 is 6.03 Å². The molecule has 1 aliphatic heterocycles. The van der Waals surface area contributed by atoms with Gasteiger partial charge in [-0.3, -0.25) is 4.79 Å². The molecule has 0 bridgehead atoms. The molecular weight excluding hydrogens is 302 g/mol. The first-order valence-electron chi connectivity index (χ1n) is 7.69. The molecule has 22 heavy (non-hydrogen) atoms. The second-order valence-corrected chi connectivity index (χ2v) is 5.95. The van der Waals surface area contributed by atoms with E-state index in [2.05, 4.69) is 10.6 Å². The molecule has 1 aromatic rings. The summed E-state index contributed by atoms with van der Waals surface area (Å²) >= 11 is 5.88. The van der Waals surface area contributed by atoms with Crippen molar-refractivity contribution in [1.29, 1.82) is 0 Å². The number of likely N-dealkylation sites (tertiary alicyclic amines) is 1. The molecule has 0 spiro atoms. The van der Waals surface area contributed by atoms with E-state index in [0.29, 0.717) is 30.2 Å². The molecule has 1 saturated heterocycles. The number of piperidine rings is 1. The van der Waals surface area contributed by atoms with Gasteiger partial charge in [-0.05, 0) is 37.5 Å². The standard InChI is InChI=1S/C16H22ClN3O2/c1-2-4-15(21)20-9-7-13(8-10-20)18-16(22)19-14-6-3-5-12(17)11-14/h3,5-6,11,13H,2,4,7-10H2,1H3,(H2,18,19,22). The monoisotopic (exact) mass is 323 g/mol. The Morgan fingerprint density at radius 2 is 2.05 bits per heavy atom. The first-order valence-corrected chi connectivity index (χ1v) is 8.07. The number of rotatable bonds is 4. The summed E-state index contributed by atoms with van der Waals surface area (Å²) in [5.74, 6) is 0.212. The number of carbonyl (C=O) groups excluding carboxylic acids is 2. The predicted molar refractivity (Wildman–Crippen MR) is 88.1 cm³/mol. The van der Waals surface area contributed by atoms with Crippen molar-refractivity contribution >= 4 is 29.2 Å². The number of benzene rings is 1. The Kier molecular flexibility index (Phi) is 6.07. The molecule has 6 heteroatoms. The SMILES string of the molecule is CCCC(=O)N1CCC(NC(=O)Nc2cccc(Cl)c2)CC1. The van der Waals surface area contributed by atoms with E-state index in [9.17, 15) is 9.59 Å². The molecule has 1 aromatic carbocycles. The Morgan fingerprint density at radius 3 is 2.68 bits per heavy atom. The van der Waals surface area contributed by atoms with Gasteiger partial charge in [-0.2, -0.15) is 0 Å². The molecule has 1 aliphatic rings. The third kappa shape index (κ3) is 4.91. The lowest BCUT2D eigenvalue weighted by atomic mass is 10.0. The van der Waals surface area contributed by atoms with E-state index in [1.165, 1.54) is 0 Å². The zero-order valence-electron chi connectivity index (χ0n) is 12.8. The van der Waals surface area contributed by atoms with Crippen LogP contribution in [0.25, 0.3) is 0 Å². The average Bonchev–Trinajstić information content (AvgIpc) is 2.48. The summed E-state index contributed by atoms with van der Waals surface area (Å²) in [6, 6.07) is 6.90. The van der Waals surface area contributed by atoms with E-state index in [0.717, 1.165) is 19.3 Å². The quantitative estimate of drug-likeness (QED) is 0.893. The number of nitrogens with one attached hydrogen (secondary N) is 2. The number of urea groups is 1. The number of carbonyl (C=O) groups is 2. The van der Waals surface area contributed by atoms with E-state index in [-0.39, 0.29) is 18.0 Å². The van der Waals surface area contributed by atoms with Crippen LogP contribution in [0.15, 0.2) is 24.3 Å². The maximum absolute atomic E-state index is 12.0. The Hall–Kier alpha value is -1.75. The van der Waals surface area contributed by atoms with Gasteiger partial charge in [0.15, 0.2) is 0 Å². The van der Waals surface area contributed by atoms with Gasteiger partial charge in [-0.15, -0.1) is 0 Å². The van der Waals surface area contributed by atoms with Crippen molar-refractivity contribution in [2.45, 2.75) is 38.6 Å². The van der Waals surface area contributed by atoms with Gasteiger partial charge in [0, 0.05) is 36.3 Å². The zero-order valence-corrected chi connectivity index (χ0v) is 13.5. The molecule has 120 valence electrons. The number of anilines is 1. The topological polar surface area (TPSA) is 61.4 Å². The summed E-state index contributed by atoms with van der Waals surface area (Å²) in [7, 11) is 0. The van der Waals surface area contributed by atoms with E-state index in [1.807, 2.05) is 11.8 Å². The molecule has 0 aliphatic carbocycles. The minimum Gasteiger partial charge on any atom is -0.343 e. The van der Waals surface area contributed by atoms with Crippen LogP contribution in [0.3, 0.4) is 0 Å². The lowest BCUT2D eigenvalue weighted by Crippen LogP contribution is -2.47. The van der Waals surface area contributed by atoms with E-state index < -0.39 is 0 Å². The van der Waals surface area contributed by atoms with Crippen molar-refractivity contribution in [2.75, 3.05) is 18.4 Å². The first kappa shape index (κ1) is 16.6. The molecular formula is C16H22ClN3O2. The fourth-order valence-corrected chi connectivity index (χ4v) is 2.75. The highest BCUT2D eigenvalue weighted by molar-refractivity contribution is 6.30. The van der Waals surface area contributed by atoms with E-state index >= 15 is 0 Å². The predicted octanol–water partition coefficient (Wildman–Crippen LogP) is 3.25. The van der Waals surface area contributed by atoms with Crippen LogP contribution in [0.1, 0.15) is 32.6 Å². The van der Waals surface area contributed by atoms with Crippen LogP contribution >= 0.6 is 11.6 Å². The molecule has 2 rings (SSSR count). The Balaban J connectivity index is 1.76. The minimum atomic E-state index is -0.236. The van der Waals surface area contributed by atoms with Crippen molar-refractivity contribution in [2.24, 2.45) is 0 Å². The third-order valence-corrected chi connectivity index (χ3v) is 3.96. The van der Waals surface area contributed by atoms with Crippen LogP contribution in [0.2, 0.25) is 5.02 Å². The highest BCUT2D eigenvalue weighted by Crippen LogP contribution is 2.15. The van der Waals surface area contributed by atoms with Gasteiger partial charge in [0.25, 0.3) is 0 Å². The van der Waals surface area contributed by atoms with Crippen molar-refractivity contribution in [3.05, 3.63) is 29.3 Å². The number of amides is 3. The van der Waals surface area contributed by atoms with Crippen LogP contribution in [0.5, 0.6) is 0 Å². The first-order chi connectivity index (χ1) is 10.6. The number of hydrogen-bond donors (Lipinski definition) is 2. The molecule has 0 unspecified atom stereocenters. The lowest BCUT2D eigenvalue weighted by Gasteiger charge is -2.32. The van der Waals surface area contributed by atoms with E-state index in [1.54, 1.807) is 24.3 Å². The Bertz CT molecular complexity index is 528. The molecule has 0 radical (unpaired) electrons. The second-order valence-electron chi connectivity index (χ2n) is 5.51. The number of hydrogen-bond acceptors (Lipinski definition) is 2. The van der Waals surface area contributed by atoms with Crippen molar-refractivity contribution in [3.8, 4) is 0 Å². The summed E-state index contributed by atoms with van der Waals surface area (Å²) in [5.41, 5.74) is 0.667. The molecule has 1 fully saturated rings. The van der Waals surface area contributed by atoms with Crippen molar-refractivity contribution in [1.82, 2.24) is 10.2 Å². The molecule has 0 atom stereocenters. The molecule has 0 saturated carbocycles. The number of halogens is 1. The van der Waals surface area contributed by atoms with Gasteiger partial charge in [0.1, 0.15) is 0 Å². The third-order valence-electron chi connectivity index (χ3n) is 3.73. The largest absolute Gasteiger partial charge is 0.343 e. The Labute approximate surface area is 136 Å². The summed E-state index contributed by atoms with van der Waals surface area (Å²) in [6.45, 7) is 3.42. The van der Waals surface area contributed by atoms with Gasteiger partial charge in [-0.25, -0.2) is 4.79 Å². The lowest BCUT2D eigenvalue weighted by molar-refractivity contribution is -0.132. The fourth-order valence-electron chi connectivity index (χ4n) is 2.56. The smallest absolute Gasteiger partial charge is 0.319 e. The summed E-state index contributed by atoms with van der Waals surface area (Å²) in [4.78, 5) is 25.7. The van der Waals surface area contributed by atoms with Crippen LogP contribution in [-0.2, 0) is 4.79 Å². The van der Waals surface area contributed by atoms with Gasteiger partial charge in [0.2, 0.25) is 5.91 Å². The van der Waals surface area contributed by atoms with Crippen molar-refractivity contribution < 1.29 is 9.59 Å². The highest BCUT2D eigenvalue weighted by Gasteiger charge is 2.23. The Morgan fingerprint density at radius 1 is 1.32 bits per heavy atom. The molecule has 2 N–H and O–H groups in total. The minimum absolute atomic E-state index is 0.102. The normalized spacial score (nSPS) is 15.5. The molecule has 5 nitrogen and oxygen atoms in total. The number of nitrogens with zero attached hydrogens (tertiary/aromatic N) is 1. The summed E-state index contributed by atoms with van der Waals surface area (Å²) < 4.78 is 0. The maximum atomic E-state index is 12.0. The summed E-state index contributed by atoms with van der Waals surface area (Å²) in [6.07, 6.45) is 3.06. The fraction of sp³-hybridized carbons (Fsp3) is 0.500. The average molecular weight is 324 g/mol. The van der Waals surface area contributed by atoms with Crippen molar-refractivity contribution in [3.63, 3.8) is 0 Å². The van der Waals surface area contributed by atoms with Crippen LogP contribution in [-0.4, -0.2) is 36.0 Å². The second kappa shape index (κ2) is 8.03. The van der Waals surface area contributed by atoms with Gasteiger partial charge in [0.05, 0.1) is 0 Å². The molecule has 3 amide bonds. The zero-order chi connectivity index (χ0) is 15.9. The van der Waals surface area contributed by atoms with E-state index in [4.69, 9.17) is 11.6 Å². The molecule has 0 aromatic heterocycles. The van der Waals surface area contributed by atoms with Crippen LogP contribution < -0.4 is 10.6 Å².